The van der Waals surface area contributed by atoms with Gasteiger partial charge in [-0.1, -0.05) is 333 Å². The van der Waals surface area contributed by atoms with Crippen molar-refractivity contribution in [3.8, 4) is 0 Å². The molecule has 2 atom stereocenters. The van der Waals surface area contributed by atoms with Crippen LogP contribution in [-0.2, 0) is 14.3 Å². The number of esters is 1. The fourth-order valence-electron chi connectivity index (χ4n) is 11.2. The first-order chi connectivity index (χ1) is 39.0. The third kappa shape index (κ3) is 65.1. The zero-order valence-electron chi connectivity index (χ0n) is 53.4. The fraction of sp³-hybridized carbons (Fsp3) is 0.890. The highest BCUT2D eigenvalue weighted by molar-refractivity contribution is 5.76. The number of amides is 1. The Morgan fingerprint density at radius 2 is 0.595 bits per heavy atom. The molecule has 6 heteroatoms. The van der Waals surface area contributed by atoms with Crippen LogP contribution in [0.3, 0.4) is 0 Å². The van der Waals surface area contributed by atoms with Gasteiger partial charge in [0.1, 0.15) is 0 Å². The standard InChI is InChI=1S/C73H139NO5/c1-3-5-7-9-11-13-15-17-19-21-22-31-34-37-41-45-49-53-57-61-65-71(76)70(69-75)74-72(77)66-62-58-54-50-46-42-38-35-32-29-27-25-23-24-26-28-30-33-36-40-44-48-52-56-60-64-68-79-73(78)67-63-59-55-51-47-43-39-20-18-16-14-12-10-8-6-4-2/h20,23,25,39,61,65,70-71,75-76H,3-19,21-22,24,26-38,40-60,62-64,66-69H2,1-2H3,(H,74,77)/b25-23-,39-20-,65-61+. The molecule has 0 fully saturated rings. The third-order valence-corrected chi connectivity index (χ3v) is 16.6. The number of rotatable bonds is 67. The third-order valence-electron chi connectivity index (χ3n) is 16.6. The van der Waals surface area contributed by atoms with Gasteiger partial charge in [0, 0.05) is 12.8 Å². The fourth-order valence-corrected chi connectivity index (χ4v) is 11.2. The van der Waals surface area contributed by atoms with Crippen molar-refractivity contribution < 1.29 is 24.5 Å². The van der Waals surface area contributed by atoms with Crippen molar-refractivity contribution >= 4 is 11.9 Å². The molecule has 466 valence electrons. The minimum absolute atomic E-state index is 0.00704. The SMILES string of the molecule is CCCCCCCCC/C=C\CCCCCCCC(=O)OCCCCCCCCCCCCCC/C=C\CCCCCCCCCCCCC(=O)NC(CO)C(O)/C=C/CCCCCCCCCCCCCCCCCCCC. The number of ether oxygens (including phenoxy) is 1. The van der Waals surface area contributed by atoms with Gasteiger partial charge in [-0.05, 0) is 83.5 Å². The molecular formula is C73H139NO5. The van der Waals surface area contributed by atoms with Crippen molar-refractivity contribution in [2.75, 3.05) is 13.2 Å². The van der Waals surface area contributed by atoms with E-state index < -0.39 is 12.1 Å². The summed E-state index contributed by atoms with van der Waals surface area (Å²) in [5.41, 5.74) is 0. The molecule has 0 heterocycles. The molecule has 0 aromatic rings. The second kappa shape index (κ2) is 68.6. The first kappa shape index (κ1) is 77.1. The number of hydrogen-bond donors (Lipinski definition) is 3. The van der Waals surface area contributed by atoms with Crippen LogP contribution in [-0.4, -0.2) is 47.4 Å². The summed E-state index contributed by atoms with van der Waals surface area (Å²) in [5, 5.41) is 23.2. The molecule has 6 nitrogen and oxygen atoms in total. The van der Waals surface area contributed by atoms with Crippen LogP contribution < -0.4 is 5.32 Å². The van der Waals surface area contributed by atoms with Crippen LogP contribution in [0, 0.1) is 0 Å². The molecule has 0 rings (SSSR count). The second-order valence-electron chi connectivity index (χ2n) is 24.6. The molecule has 0 radical (unpaired) electrons. The van der Waals surface area contributed by atoms with Crippen molar-refractivity contribution in [1.82, 2.24) is 5.32 Å². The predicted molar refractivity (Wildman–Crippen MR) is 347 cm³/mol. The number of allylic oxidation sites excluding steroid dienone is 5. The number of nitrogens with one attached hydrogen (secondary N) is 1. The smallest absolute Gasteiger partial charge is 0.305 e. The number of carbonyl (C=O) groups excluding carboxylic acids is 2. The van der Waals surface area contributed by atoms with Crippen LogP contribution in [0.25, 0.3) is 0 Å². The Hall–Kier alpha value is -1.92. The Bertz CT molecular complexity index is 1280. The number of aliphatic hydroxyl groups is 2. The van der Waals surface area contributed by atoms with Crippen LogP contribution in [0.5, 0.6) is 0 Å². The molecule has 3 N–H and O–H groups in total. The monoisotopic (exact) mass is 1110 g/mol. The lowest BCUT2D eigenvalue weighted by atomic mass is 10.0. The van der Waals surface area contributed by atoms with Crippen molar-refractivity contribution in [2.45, 2.75) is 405 Å². The summed E-state index contributed by atoms with van der Waals surface area (Å²) >= 11 is 0. The molecule has 0 spiro atoms. The lowest BCUT2D eigenvalue weighted by Crippen LogP contribution is -2.45. The minimum Gasteiger partial charge on any atom is -0.466 e. The summed E-state index contributed by atoms with van der Waals surface area (Å²) in [6.45, 7) is 4.93. The highest BCUT2D eigenvalue weighted by atomic mass is 16.5. The number of aliphatic hydroxyl groups excluding tert-OH is 2. The van der Waals surface area contributed by atoms with E-state index in [2.05, 4.69) is 43.5 Å². The van der Waals surface area contributed by atoms with Gasteiger partial charge in [0.05, 0.1) is 25.4 Å². The molecule has 0 saturated carbocycles. The zero-order chi connectivity index (χ0) is 57.1. The van der Waals surface area contributed by atoms with Gasteiger partial charge in [0.15, 0.2) is 0 Å². The van der Waals surface area contributed by atoms with Crippen LogP contribution in [0.2, 0.25) is 0 Å². The maximum absolute atomic E-state index is 12.5. The minimum atomic E-state index is -0.847. The molecule has 79 heavy (non-hydrogen) atoms. The highest BCUT2D eigenvalue weighted by Gasteiger charge is 2.18. The van der Waals surface area contributed by atoms with E-state index in [4.69, 9.17) is 4.74 Å². The molecule has 1 amide bonds. The summed E-state index contributed by atoms with van der Waals surface area (Å²) in [4.78, 5) is 24.6. The van der Waals surface area contributed by atoms with Crippen LogP contribution >= 0.6 is 0 Å². The van der Waals surface area contributed by atoms with Crippen LogP contribution in [0.15, 0.2) is 36.5 Å². The topological polar surface area (TPSA) is 95.9 Å². The Morgan fingerprint density at radius 3 is 0.899 bits per heavy atom. The summed E-state index contributed by atoms with van der Waals surface area (Å²) in [6, 6.07) is -0.630. The van der Waals surface area contributed by atoms with Gasteiger partial charge in [-0.2, -0.15) is 0 Å². The average Bonchev–Trinajstić information content (AvgIpc) is 3.45. The van der Waals surface area contributed by atoms with E-state index in [1.807, 2.05) is 6.08 Å². The number of unbranched alkanes of at least 4 members (excludes halogenated alkanes) is 52. The van der Waals surface area contributed by atoms with Gasteiger partial charge < -0.3 is 20.3 Å². The molecule has 0 bridgehead atoms. The van der Waals surface area contributed by atoms with Crippen molar-refractivity contribution in [2.24, 2.45) is 0 Å². The Morgan fingerprint density at radius 1 is 0.342 bits per heavy atom. The van der Waals surface area contributed by atoms with Gasteiger partial charge in [-0.25, -0.2) is 0 Å². The van der Waals surface area contributed by atoms with Crippen LogP contribution in [0.1, 0.15) is 393 Å². The van der Waals surface area contributed by atoms with E-state index >= 15 is 0 Å². The largest absolute Gasteiger partial charge is 0.466 e. The average molecular weight is 1110 g/mol. The van der Waals surface area contributed by atoms with E-state index in [0.717, 1.165) is 44.9 Å². The number of carbonyl (C=O) groups is 2. The van der Waals surface area contributed by atoms with E-state index in [0.29, 0.717) is 19.4 Å². The lowest BCUT2D eigenvalue weighted by Gasteiger charge is -2.20. The molecule has 0 aliphatic rings. The summed E-state index contributed by atoms with van der Waals surface area (Å²) < 4.78 is 5.49. The van der Waals surface area contributed by atoms with E-state index in [1.165, 1.54) is 321 Å². The maximum Gasteiger partial charge on any atom is 0.305 e. The lowest BCUT2D eigenvalue weighted by molar-refractivity contribution is -0.143. The molecule has 0 saturated heterocycles. The van der Waals surface area contributed by atoms with Crippen molar-refractivity contribution in [1.29, 1.82) is 0 Å². The summed E-state index contributed by atoms with van der Waals surface area (Å²) in [6.07, 6.45) is 87.9. The Kier molecular flexibility index (Phi) is 66.9. The molecule has 0 aromatic heterocycles. The summed E-state index contributed by atoms with van der Waals surface area (Å²) in [5.74, 6) is -0.0595. The molecule has 0 aliphatic heterocycles. The predicted octanol–water partition coefficient (Wildman–Crippen LogP) is 23.1. The van der Waals surface area contributed by atoms with Crippen molar-refractivity contribution in [3.05, 3.63) is 36.5 Å². The van der Waals surface area contributed by atoms with E-state index in [1.54, 1.807) is 6.08 Å². The number of hydrogen-bond acceptors (Lipinski definition) is 5. The zero-order valence-corrected chi connectivity index (χ0v) is 53.4. The van der Waals surface area contributed by atoms with Gasteiger partial charge in [-0.3, -0.25) is 9.59 Å². The molecule has 0 aromatic carbocycles. The highest BCUT2D eigenvalue weighted by Crippen LogP contribution is 2.18. The maximum atomic E-state index is 12.5. The Labute approximate surface area is 494 Å². The Balaban J connectivity index is 3.41. The first-order valence-corrected chi connectivity index (χ1v) is 35.8. The van der Waals surface area contributed by atoms with Gasteiger partial charge in [-0.15, -0.1) is 0 Å². The summed E-state index contributed by atoms with van der Waals surface area (Å²) in [7, 11) is 0. The van der Waals surface area contributed by atoms with E-state index in [-0.39, 0.29) is 18.5 Å². The van der Waals surface area contributed by atoms with Crippen molar-refractivity contribution in [3.63, 3.8) is 0 Å². The second-order valence-corrected chi connectivity index (χ2v) is 24.6. The van der Waals surface area contributed by atoms with Gasteiger partial charge >= 0.3 is 5.97 Å². The quantitative estimate of drug-likeness (QED) is 0.0320. The van der Waals surface area contributed by atoms with Gasteiger partial charge in [0.2, 0.25) is 5.91 Å². The van der Waals surface area contributed by atoms with Gasteiger partial charge in [0.25, 0.3) is 0 Å². The van der Waals surface area contributed by atoms with Crippen LogP contribution in [0.4, 0.5) is 0 Å². The molecule has 0 aliphatic carbocycles. The normalized spacial score (nSPS) is 12.7. The molecule has 2 unspecified atom stereocenters. The van der Waals surface area contributed by atoms with E-state index in [9.17, 15) is 19.8 Å². The first-order valence-electron chi connectivity index (χ1n) is 35.8. The molecular weight excluding hydrogens is 971 g/mol.